The van der Waals surface area contributed by atoms with Crippen molar-refractivity contribution in [2.45, 2.75) is 187 Å². The van der Waals surface area contributed by atoms with Gasteiger partial charge in [0.15, 0.2) is 0 Å². The van der Waals surface area contributed by atoms with Gasteiger partial charge in [0.2, 0.25) is 0 Å². The topological polar surface area (TPSA) is 18.5 Å². The van der Waals surface area contributed by atoms with E-state index in [0.29, 0.717) is 0 Å². The molecule has 1 aliphatic rings. The molecule has 0 amide bonds. The Morgan fingerprint density at radius 2 is 0.851 bits per heavy atom. The molecule has 1 fully saturated rings. The van der Waals surface area contributed by atoms with E-state index in [1.165, 1.54) is 193 Å². The lowest BCUT2D eigenvalue weighted by Gasteiger charge is -2.32. The van der Waals surface area contributed by atoms with E-state index in [0.717, 1.165) is 18.9 Å². The molecule has 3 heteroatoms. The van der Waals surface area contributed by atoms with Crippen molar-refractivity contribution in [1.82, 2.24) is 15.1 Å². The van der Waals surface area contributed by atoms with Gasteiger partial charge in [-0.3, -0.25) is 4.90 Å². The van der Waals surface area contributed by atoms with Crippen LogP contribution in [-0.4, -0.2) is 62.2 Å². The van der Waals surface area contributed by atoms with Crippen molar-refractivity contribution in [3.05, 3.63) is 48.6 Å². The van der Waals surface area contributed by atoms with Gasteiger partial charge in [-0.2, -0.15) is 0 Å². The van der Waals surface area contributed by atoms with Gasteiger partial charge in [-0.25, -0.2) is 0 Å². The van der Waals surface area contributed by atoms with Crippen LogP contribution < -0.4 is 5.32 Å². The third kappa shape index (κ3) is 31.8. The second-order valence-corrected chi connectivity index (χ2v) is 14.5. The summed E-state index contributed by atoms with van der Waals surface area (Å²) in [7, 11) is 2.26. The molecule has 1 heterocycles. The fourth-order valence-electron chi connectivity index (χ4n) is 6.60. The minimum Gasteiger partial charge on any atom is -0.313 e. The largest absolute Gasteiger partial charge is 0.313 e. The molecule has 1 N–H and O–H groups in total. The number of hydrogen-bond acceptors (Lipinski definition) is 3. The zero-order chi connectivity index (χ0) is 33.7. The highest BCUT2D eigenvalue weighted by Crippen LogP contribution is 2.16. The minimum atomic E-state index is 0.721. The van der Waals surface area contributed by atoms with E-state index in [4.69, 9.17) is 0 Å². The Hall–Kier alpha value is -1.16. The molecule has 0 atom stereocenters. The van der Waals surface area contributed by atoms with Gasteiger partial charge in [-0.1, -0.05) is 152 Å². The molecule has 0 bridgehead atoms. The Morgan fingerprint density at radius 1 is 0.468 bits per heavy atom. The molecule has 1 rings (SSSR count). The van der Waals surface area contributed by atoms with Gasteiger partial charge in [0.1, 0.15) is 0 Å². The molecular formula is C44H83N3. The molecule has 0 unspecified atom stereocenters. The number of piperazine rings is 1. The summed E-state index contributed by atoms with van der Waals surface area (Å²) >= 11 is 0. The summed E-state index contributed by atoms with van der Waals surface area (Å²) in [5.41, 5.74) is 0. The summed E-state index contributed by atoms with van der Waals surface area (Å²) in [5.74, 6) is 0. The van der Waals surface area contributed by atoms with Gasteiger partial charge in [-0.15, -0.1) is 0 Å². The predicted molar refractivity (Wildman–Crippen MR) is 214 cm³/mol. The number of hydrogen-bond donors (Lipinski definition) is 1. The first-order valence-electron chi connectivity index (χ1n) is 21.0. The molecule has 1 saturated heterocycles. The minimum absolute atomic E-state index is 0.721. The number of rotatable bonds is 34. The van der Waals surface area contributed by atoms with Gasteiger partial charge >= 0.3 is 0 Å². The molecule has 0 saturated carbocycles. The first kappa shape index (κ1) is 43.9. The summed E-state index contributed by atoms with van der Waals surface area (Å²) in [4.78, 5) is 5.12. The molecule has 274 valence electrons. The van der Waals surface area contributed by atoms with E-state index in [9.17, 15) is 0 Å². The second-order valence-electron chi connectivity index (χ2n) is 14.5. The van der Waals surface area contributed by atoms with Gasteiger partial charge < -0.3 is 10.2 Å². The number of nitrogens with one attached hydrogen (secondary N) is 1. The van der Waals surface area contributed by atoms with Crippen LogP contribution in [0.4, 0.5) is 0 Å². The predicted octanol–water partition coefficient (Wildman–Crippen LogP) is 12.6. The van der Waals surface area contributed by atoms with Gasteiger partial charge in [-0.05, 0) is 84.1 Å². The molecular weight excluding hydrogens is 571 g/mol. The third-order valence-electron chi connectivity index (χ3n) is 9.96. The van der Waals surface area contributed by atoms with Crippen molar-refractivity contribution in [3.63, 3.8) is 0 Å². The van der Waals surface area contributed by atoms with E-state index in [1.807, 2.05) is 0 Å². The number of allylic oxidation sites excluding steroid dienone is 8. The van der Waals surface area contributed by atoms with Crippen LogP contribution in [0.1, 0.15) is 181 Å². The van der Waals surface area contributed by atoms with Crippen molar-refractivity contribution < 1.29 is 0 Å². The van der Waals surface area contributed by atoms with Crippen LogP contribution in [0.3, 0.4) is 0 Å². The maximum absolute atomic E-state index is 4.00. The quantitative estimate of drug-likeness (QED) is 0.0551. The first-order valence-corrected chi connectivity index (χ1v) is 21.0. The smallest absolute Gasteiger partial charge is 0.0110 e. The number of likely N-dealkylation sites (N-methyl/N-ethyl adjacent to an activating group) is 1. The van der Waals surface area contributed by atoms with Crippen molar-refractivity contribution in [2.75, 3.05) is 46.3 Å². The van der Waals surface area contributed by atoms with E-state index in [1.54, 1.807) is 0 Å². The second kappa shape index (κ2) is 36.1. The van der Waals surface area contributed by atoms with Crippen LogP contribution in [0.2, 0.25) is 0 Å². The highest BCUT2D eigenvalue weighted by molar-refractivity contribution is 4.93. The van der Waals surface area contributed by atoms with Crippen molar-refractivity contribution in [1.29, 1.82) is 0 Å². The van der Waals surface area contributed by atoms with E-state index >= 15 is 0 Å². The lowest BCUT2D eigenvalue weighted by Crippen LogP contribution is -2.47. The average molecular weight is 654 g/mol. The Labute approximate surface area is 296 Å². The Morgan fingerprint density at radius 3 is 1.28 bits per heavy atom. The molecule has 0 radical (unpaired) electrons. The van der Waals surface area contributed by atoms with Crippen molar-refractivity contribution in [2.24, 2.45) is 0 Å². The number of nitrogens with zero attached hydrogens (tertiary/aromatic N) is 2. The summed E-state index contributed by atoms with van der Waals surface area (Å²) < 4.78 is 0. The lowest BCUT2D eigenvalue weighted by atomic mass is 9.99. The zero-order valence-electron chi connectivity index (χ0n) is 32.2. The maximum Gasteiger partial charge on any atom is 0.0110 e. The Kier molecular flexibility index (Phi) is 33.7. The van der Waals surface area contributed by atoms with E-state index < -0.39 is 0 Å². The molecule has 0 aromatic carbocycles. The van der Waals surface area contributed by atoms with Crippen LogP contribution >= 0.6 is 0 Å². The van der Waals surface area contributed by atoms with Gasteiger partial charge in [0, 0.05) is 45.3 Å². The normalized spacial score (nSPS) is 15.2. The average Bonchev–Trinajstić information content (AvgIpc) is 3.08. The SMILES string of the molecule is CCCCC/C=C/C/C=C/CCCCCCCCC(CCCCCCCC/C=C/C/C=C/CCCCC)NCCN1CCN(C)CC1. The van der Waals surface area contributed by atoms with Gasteiger partial charge in [0.25, 0.3) is 0 Å². The fraction of sp³-hybridized carbons (Fsp3) is 0.818. The van der Waals surface area contributed by atoms with E-state index in [-0.39, 0.29) is 0 Å². The van der Waals surface area contributed by atoms with Crippen LogP contribution in [0.5, 0.6) is 0 Å². The highest BCUT2D eigenvalue weighted by Gasteiger charge is 2.14. The monoisotopic (exact) mass is 654 g/mol. The zero-order valence-corrected chi connectivity index (χ0v) is 32.2. The molecule has 0 aromatic heterocycles. The van der Waals surface area contributed by atoms with Crippen LogP contribution in [0.15, 0.2) is 48.6 Å². The van der Waals surface area contributed by atoms with Crippen LogP contribution in [-0.2, 0) is 0 Å². The Balaban J connectivity index is 2.11. The maximum atomic E-state index is 4.00. The summed E-state index contributed by atoms with van der Waals surface area (Å²) in [6, 6.07) is 0.721. The molecule has 3 nitrogen and oxygen atoms in total. The summed E-state index contributed by atoms with van der Waals surface area (Å²) in [6.45, 7) is 11.9. The molecule has 0 aromatic rings. The molecule has 0 spiro atoms. The summed E-state index contributed by atoms with van der Waals surface area (Å²) in [5, 5.41) is 4.00. The van der Waals surface area contributed by atoms with Crippen LogP contribution in [0, 0.1) is 0 Å². The fourth-order valence-corrected chi connectivity index (χ4v) is 6.60. The molecule has 1 aliphatic heterocycles. The van der Waals surface area contributed by atoms with E-state index in [2.05, 4.69) is 84.6 Å². The molecule has 0 aliphatic carbocycles. The summed E-state index contributed by atoms with van der Waals surface area (Å²) in [6.07, 6.45) is 53.9. The first-order chi connectivity index (χ1) is 23.3. The number of unbranched alkanes of at least 4 members (excludes halogenated alkanes) is 18. The lowest BCUT2D eigenvalue weighted by molar-refractivity contribution is 0.153. The standard InChI is InChI=1S/C44H83N3/c1-4-6-8-10-12-14-16-18-20-22-24-26-28-30-32-34-36-44(45-38-39-47-42-40-46(3)41-43-47)37-35-33-31-29-27-25-23-21-19-17-15-13-11-9-7-5-2/h12-15,18-21,44-45H,4-11,16-17,22-43H2,1-3H3/b14-12+,15-13+,20-18+,21-19+. The highest BCUT2D eigenvalue weighted by atomic mass is 15.2. The van der Waals surface area contributed by atoms with Gasteiger partial charge in [0.05, 0.1) is 0 Å². The van der Waals surface area contributed by atoms with Crippen LogP contribution in [0.25, 0.3) is 0 Å². The van der Waals surface area contributed by atoms with Crippen molar-refractivity contribution >= 4 is 0 Å². The van der Waals surface area contributed by atoms with Crippen molar-refractivity contribution in [3.8, 4) is 0 Å². The third-order valence-corrected chi connectivity index (χ3v) is 9.96. The molecule has 47 heavy (non-hydrogen) atoms. The Bertz CT molecular complexity index is 682.